The normalized spacial score (nSPS) is 22.4. The van der Waals surface area contributed by atoms with E-state index in [9.17, 15) is 19.5 Å². The molecule has 3 heterocycles. The minimum atomic E-state index is -0.686. The van der Waals surface area contributed by atoms with E-state index in [4.69, 9.17) is 4.74 Å². The summed E-state index contributed by atoms with van der Waals surface area (Å²) in [6.07, 6.45) is 0. The topological polar surface area (TPSA) is 99.7 Å². The first-order valence-corrected chi connectivity index (χ1v) is 11.8. The molecule has 5 rings (SSSR count). The summed E-state index contributed by atoms with van der Waals surface area (Å²) in [5.74, 6) is -1.59. The SMILES string of the molecule is COc1cc([C@H]2c3sc(=O)[nH]c3S[C@@H]3C(=O)N(c4ccc(Br)cc4)C(=O)[C@H]23)ccc1O. The van der Waals surface area contributed by atoms with Crippen molar-refractivity contribution in [1.29, 1.82) is 0 Å². The molecule has 0 saturated carbocycles. The number of anilines is 1. The molecule has 1 saturated heterocycles. The summed E-state index contributed by atoms with van der Waals surface area (Å²) in [6, 6.07) is 11.8. The number of carbonyl (C=O) groups is 2. The summed E-state index contributed by atoms with van der Waals surface area (Å²) >= 11 is 5.63. The van der Waals surface area contributed by atoms with Crippen LogP contribution in [0.5, 0.6) is 11.5 Å². The highest BCUT2D eigenvalue weighted by Gasteiger charge is 2.56. The molecule has 1 aromatic heterocycles. The van der Waals surface area contributed by atoms with Crippen molar-refractivity contribution in [3.63, 3.8) is 0 Å². The van der Waals surface area contributed by atoms with Gasteiger partial charge in [-0.15, -0.1) is 0 Å². The second-order valence-electron chi connectivity index (χ2n) is 7.17. The summed E-state index contributed by atoms with van der Waals surface area (Å²) in [4.78, 5) is 43.5. The number of H-pyrrole nitrogens is 1. The Balaban J connectivity index is 1.66. The molecule has 1 fully saturated rings. The summed E-state index contributed by atoms with van der Waals surface area (Å²) in [5.41, 5.74) is 1.20. The van der Waals surface area contributed by atoms with Gasteiger partial charge in [-0.05, 0) is 42.0 Å². The Hall–Kier alpha value is -2.56. The maximum absolute atomic E-state index is 13.6. The third kappa shape index (κ3) is 3.20. The van der Waals surface area contributed by atoms with Crippen LogP contribution in [0.4, 0.5) is 5.69 Å². The summed E-state index contributed by atoms with van der Waals surface area (Å²) in [5, 5.41) is 9.95. The van der Waals surface area contributed by atoms with Crippen molar-refractivity contribution in [3.8, 4) is 11.5 Å². The van der Waals surface area contributed by atoms with E-state index in [0.29, 0.717) is 21.2 Å². The van der Waals surface area contributed by atoms with Crippen molar-refractivity contribution in [3.05, 3.63) is 67.0 Å². The van der Waals surface area contributed by atoms with Gasteiger partial charge in [0.15, 0.2) is 11.5 Å². The molecule has 7 nitrogen and oxygen atoms in total. The number of imide groups is 1. The minimum absolute atomic E-state index is 0.0271. The van der Waals surface area contributed by atoms with Crippen LogP contribution in [0.15, 0.2) is 56.8 Å². The first kappa shape index (κ1) is 20.3. The molecule has 3 atom stereocenters. The van der Waals surface area contributed by atoms with Crippen LogP contribution in [0.2, 0.25) is 0 Å². The molecule has 0 unspecified atom stereocenters. The molecular weight excluding hydrogens is 504 g/mol. The zero-order valence-corrected chi connectivity index (χ0v) is 19.2. The molecule has 0 bridgehead atoms. The van der Waals surface area contributed by atoms with Crippen LogP contribution in [0.25, 0.3) is 0 Å². The van der Waals surface area contributed by atoms with Gasteiger partial charge in [-0.25, -0.2) is 4.90 Å². The maximum Gasteiger partial charge on any atom is 0.305 e. The lowest BCUT2D eigenvalue weighted by Gasteiger charge is -2.30. The average molecular weight is 519 g/mol. The van der Waals surface area contributed by atoms with Gasteiger partial charge in [0.2, 0.25) is 11.8 Å². The first-order chi connectivity index (χ1) is 14.9. The van der Waals surface area contributed by atoms with Crippen molar-refractivity contribution in [2.75, 3.05) is 12.0 Å². The third-order valence-corrected chi connectivity index (χ3v) is 8.40. The molecule has 2 N–H and O–H groups in total. The highest BCUT2D eigenvalue weighted by Crippen LogP contribution is 2.53. The molecule has 10 heteroatoms. The lowest BCUT2D eigenvalue weighted by molar-refractivity contribution is -0.122. The van der Waals surface area contributed by atoms with Crippen LogP contribution in [0.3, 0.4) is 0 Å². The Kier molecular flexibility index (Phi) is 4.95. The lowest BCUT2D eigenvalue weighted by atomic mass is 9.83. The first-order valence-electron chi connectivity index (χ1n) is 9.29. The number of aromatic amines is 1. The number of thiazole rings is 1. The zero-order valence-electron chi connectivity index (χ0n) is 16.0. The van der Waals surface area contributed by atoms with Gasteiger partial charge in [0.05, 0.1) is 23.7 Å². The number of halogens is 1. The number of hydrogen-bond donors (Lipinski definition) is 2. The van der Waals surface area contributed by atoms with Crippen molar-refractivity contribution < 1.29 is 19.4 Å². The minimum Gasteiger partial charge on any atom is -0.504 e. The molecule has 158 valence electrons. The average Bonchev–Trinajstić information content (AvgIpc) is 3.24. The van der Waals surface area contributed by atoms with Crippen molar-refractivity contribution in [2.24, 2.45) is 5.92 Å². The molecule has 2 aromatic carbocycles. The number of ether oxygens (including phenoxy) is 1. The fourth-order valence-electron chi connectivity index (χ4n) is 4.11. The molecular formula is C21H15BrN2O5S2. The number of aromatic nitrogens is 1. The van der Waals surface area contributed by atoms with Gasteiger partial charge < -0.3 is 14.8 Å². The summed E-state index contributed by atoms with van der Waals surface area (Å²) < 4.78 is 6.09. The largest absolute Gasteiger partial charge is 0.504 e. The maximum atomic E-state index is 13.6. The number of phenols is 1. The van der Waals surface area contributed by atoms with Crippen molar-refractivity contribution in [1.82, 2.24) is 4.98 Å². The molecule has 2 aliphatic heterocycles. The molecule has 0 radical (unpaired) electrons. The van der Waals surface area contributed by atoms with Gasteiger partial charge in [-0.2, -0.15) is 0 Å². The van der Waals surface area contributed by atoms with Crippen LogP contribution in [-0.4, -0.2) is 34.3 Å². The smallest absolute Gasteiger partial charge is 0.305 e. The van der Waals surface area contributed by atoms with E-state index in [1.54, 1.807) is 36.4 Å². The Morgan fingerprint density at radius 1 is 1.10 bits per heavy atom. The Morgan fingerprint density at radius 3 is 2.55 bits per heavy atom. The highest BCUT2D eigenvalue weighted by molar-refractivity contribution is 9.10. The molecule has 2 aliphatic rings. The summed E-state index contributed by atoms with van der Waals surface area (Å²) in [6.45, 7) is 0. The van der Waals surface area contributed by atoms with Gasteiger partial charge in [0.25, 0.3) is 0 Å². The van der Waals surface area contributed by atoms with E-state index in [1.807, 2.05) is 0 Å². The highest BCUT2D eigenvalue weighted by atomic mass is 79.9. The number of nitrogens with one attached hydrogen (secondary N) is 1. The van der Waals surface area contributed by atoms with E-state index in [1.165, 1.54) is 29.8 Å². The molecule has 3 aromatic rings. The Morgan fingerprint density at radius 2 is 1.84 bits per heavy atom. The van der Waals surface area contributed by atoms with E-state index >= 15 is 0 Å². The van der Waals surface area contributed by atoms with Gasteiger partial charge >= 0.3 is 4.87 Å². The standard InChI is InChI=1S/C21H15BrN2O5S2/c1-29-13-8-9(2-7-12(13)25)14-15-17(30-18-16(14)31-21(28)23-18)20(27)24(19(15)26)11-5-3-10(22)4-6-11/h2-8,14-15,17,25H,1H3,(H,23,28)/t14-,15-,17+/m1/s1. The fraction of sp³-hybridized carbons (Fsp3) is 0.190. The van der Waals surface area contributed by atoms with Crippen LogP contribution in [0.1, 0.15) is 16.4 Å². The van der Waals surface area contributed by atoms with Crippen LogP contribution in [-0.2, 0) is 9.59 Å². The predicted molar refractivity (Wildman–Crippen MR) is 121 cm³/mol. The number of thioether (sulfide) groups is 1. The quantitative estimate of drug-likeness (QED) is 0.512. The second kappa shape index (κ2) is 7.54. The van der Waals surface area contributed by atoms with Gasteiger partial charge in [0.1, 0.15) is 5.25 Å². The number of nitrogens with zero attached hydrogens (tertiary/aromatic N) is 1. The van der Waals surface area contributed by atoms with E-state index in [-0.39, 0.29) is 28.2 Å². The molecule has 31 heavy (non-hydrogen) atoms. The number of aromatic hydroxyl groups is 1. The van der Waals surface area contributed by atoms with E-state index < -0.39 is 17.1 Å². The third-order valence-electron chi connectivity index (χ3n) is 5.47. The van der Waals surface area contributed by atoms with Crippen LogP contribution >= 0.6 is 39.0 Å². The number of methoxy groups -OCH3 is 1. The number of phenolic OH excluding ortho intramolecular Hbond substituents is 1. The molecule has 0 aliphatic carbocycles. The zero-order chi connectivity index (χ0) is 21.9. The Bertz CT molecular complexity index is 1270. The lowest BCUT2D eigenvalue weighted by Crippen LogP contribution is -2.32. The Labute approximate surface area is 193 Å². The number of carbonyl (C=O) groups excluding carboxylic acids is 2. The monoisotopic (exact) mass is 518 g/mol. The number of hydrogen-bond acceptors (Lipinski definition) is 7. The number of rotatable bonds is 3. The van der Waals surface area contributed by atoms with Gasteiger partial charge in [-0.3, -0.25) is 14.4 Å². The molecule has 2 amide bonds. The number of fused-ring (bicyclic) bond motifs is 2. The van der Waals surface area contributed by atoms with Gasteiger partial charge in [-0.1, -0.05) is 45.1 Å². The van der Waals surface area contributed by atoms with E-state index in [0.717, 1.165) is 15.8 Å². The van der Waals surface area contributed by atoms with Crippen molar-refractivity contribution >= 4 is 56.5 Å². The molecule has 0 spiro atoms. The number of amides is 2. The predicted octanol–water partition coefficient (Wildman–Crippen LogP) is 3.71. The van der Waals surface area contributed by atoms with Crippen LogP contribution in [0, 0.1) is 5.92 Å². The summed E-state index contributed by atoms with van der Waals surface area (Å²) in [7, 11) is 1.44. The van der Waals surface area contributed by atoms with Crippen molar-refractivity contribution in [2.45, 2.75) is 16.2 Å². The second-order valence-corrected chi connectivity index (χ2v) is 10.3. The van der Waals surface area contributed by atoms with E-state index in [2.05, 4.69) is 20.9 Å². The number of benzene rings is 2. The van der Waals surface area contributed by atoms with Crippen LogP contribution < -0.4 is 14.5 Å². The fourth-order valence-corrected chi connectivity index (χ4v) is 6.89. The van der Waals surface area contributed by atoms with Gasteiger partial charge in [0, 0.05) is 15.3 Å².